The second-order valence-electron chi connectivity index (χ2n) is 8.27. The average Bonchev–Trinajstić information content (AvgIpc) is 3.51. The van der Waals surface area contributed by atoms with Gasteiger partial charge >= 0.3 is 0 Å². The summed E-state index contributed by atoms with van der Waals surface area (Å²) in [5.41, 5.74) is 3.93. The van der Waals surface area contributed by atoms with Gasteiger partial charge in [-0.25, -0.2) is 0 Å². The zero-order chi connectivity index (χ0) is 20.8. The molecule has 4 heteroatoms. The Hall–Kier alpha value is -2.88. The maximum Gasteiger partial charge on any atom is 0.251 e. The van der Waals surface area contributed by atoms with Crippen molar-refractivity contribution in [3.63, 3.8) is 0 Å². The standard InChI is InChI=1S/C25H30N2O2/c1-17(2)16-20-6-9-21(10-7-20)18(3)26-24(28)15-8-19-4-11-22(12-5-19)25(29)27-23-13-14-23/h4-12,15,17-18,23H,13-14,16H2,1-3H3,(H,26,28)(H,27,29)/b15-8+. The first-order valence-corrected chi connectivity index (χ1v) is 10.4. The number of benzene rings is 2. The van der Waals surface area contributed by atoms with E-state index in [4.69, 9.17) is 0 Å². The van der Waals surface area contributed by atoms with Crippen LogP contribution in [0.15, 0.2) is 54.6 Å². The molecule has 2 aromatic rings. The number of nitrogens with one attached hydrogen (secondary N) is 2. The van der Waals surface area contributed by atoms with E-state index in [1.165, 1.54) is 11.6 Å². The van der Waals surface area contributed by atoms with Crippen molar-refractivity contribution in [3.8, 4) is 0 Å². The summed E-state index contributed by atoms with van der Waals surface area (Å²) in [6.45, 7) is 6.40. The van der Waals surface area contributed by atoms with Gasteiger partial charge in [0.15, 0.2) is 0 Å². The molecule has 1 aliphatic carbocycles. The maximum absolute atomic E-state index is 12.3. The van der Waals surface area contributed by atoms with Crippen LogP contribution in [0.4, 0.5) is 0 Å². The fourth-order valence-electron chi connectivity index (χ4n) is 3.17. The minimum Gasteiger partial charge on any atom is -0.349 e. The third-order valence-electron chi connectivity index (χ3n) is 5.00. The fraction of sp³-hybridized carbons (Fsp3) is 0.360. The van der Waals surface area contributed by atoms with E-state index in [1.54, 1.807) is 18.2 Å². The molecule has 3 rings (SSSR count). The van der Waals surface area contributed by atoms with Crippen LogP contribution in [-0.4, -0.2) is 17.9 Å². The number of carbonyl (C=O) groups excluding carboxylic acids is 2. The Morgan fingerprint density at radius 1 is 1.00 bits per heavy atom. The molecule has 0 aromatic heterocycles. The van der Waals surface area contributed by atoms with Crippen molar-refractivity contribution in [2.75, 3.05) is 0 Å². The van der Waals surface area contributed by atoms with Crippen LogP contribution in [0.3, 0.4) is 0 Å². The minimum absolute atomic E-state index is 0.0333. The molecule has 4 nitrogen and oxygen atoms in total. The summed E-state index contributed by atoms with van der Waals surface area (Å²) in [5.74, 6) is 0.457. The molecule has 1 unspecified atom stereocenters. The topological polar surface area (TPSA) is 58.2 Å². The highest BCUT2D eigenvalue weighted by molar-refractivity contribution is 5.95. The van der Waals surface area contributed by atoms with Gasteiger partial charge in [0, 0.05) is 17.7 Å². The smallest absolute Gasteiger partial charge is 0.251 e. The molecule has 2 N–H and O–H groups in total. The number of carbonyl (C=O) groups is 2. The zero-order valence-electron chi connectivity index (χ0n) is 17.4. The summed E-state index contributed by atoms with van der Waals surface area (Å²) in [5, 5.41) is 5.96. The van der Waals surface area contributed by atoms with Crippen LogP contribution in [0, 0.1) is 5.92 Å². The molecule has 1 aliphatic rings. The van der Waals surface area contributed by atoms with Crippen LogP contribution in [0.25, 0.3) is 6.08 Å². The molecule has 1 fully saturated rings. The van der Waals surface area contributed by atoms with Gasteiger partial charge in [0.2, 0.25) is 5.91 Å². The molecule has 0 saturated heterocycles. The lowest BCUT2D eigenvalue weighted by Crippen LogP contribution is -2.25. The third-order valence-corrected chi connectivity index (χ3v) is 5.00. The van der Waals surface area contributed by atoms with E-state index in [0.717, 1.165) is 30.4 Å². The normalized spacial score (nSPS) is 14.8. The Labute approximate surface area is 173 Å². The molecule has 1 saturated carbocycles. The maximum atomic E-state index is 12.3. The quantitative estimate of drug-likeness (QED) is 0.644. The van der Waals surface area contributed by atoms with Crippen LogP contribution in [0.1, 0.15) is 66.7 Å². The van der Waals surface area contributed by atoms with Crippen LogP contribution in [-0.2, 0) is 11.2 Å². The number of amides is 2. The van der Waals surface area contributed by atoms with Crippen LogP contribution in [0.2, 0.25) is 0 Å². The molecular formula is C25H30N2O2. The zero-order valence-corrected chi connectivity index (χ0v) is 17.4. The highest BCUT2D eigenvalue weighted by Crippen LogP contribution is 2.19. The summed E-state index contributed by atoms with van der Waals surface area (Å²) in [4.78, 5) is 24.3. The van der Waals surface area contributed by atoms with Gasteiger partial charge in [-0.2, -0.15) is 0 Å². The van der Waals surface area contributed by atoms with E-state index in [2.05, 4.69) is 48.7 Å². The predicted molar refractivity (Wildman–Crippen MR) is 118 cm³/mol. The van der Waals surface area contributed by atoms with Crippen molar-refractivity contribution in [1.82, 2.24) is 10.6 Å². The lowest BCUT2D eigenvalue weighted by atomic mass is 10.00. The second kappa shape index (κ2) is 9.55. The molecule has 0 radical (unpaired) electrons. The molecule has 29 heavy (non-hydrogen) atoms. The first-order valence-electron chi connectivity index (χ1n) is 10.4. The Morgan fingerprint density at radius 2 is 1.66 bits per heavy atom. The first-order chi connectivity index (χ1) is 13.9. The van der Waals surface area contributed by atoms with Crippen molar-refractivity contribution >= 4 is 17.9 Å². The van der Waals surface area contributed by atoms with Crippen molar-refractivity contribution in [2.24, 2.45) is 5.92 Å². The fourth-order valence-corrected chi connectivity index (χ4v) is 3.17. The van der Waals surface area contributed by atoms with Crippen LogP contribution in [0.5, 0.6) is 0 Å². The molecular weight excluding hydrogens is 360 g/mol. The molecule has 0 heterocycles. The summed E-state index contributed by atoms with van der Waals surface area (Å²) in [6.07, 6.45) is 6.49. The molecule has 0 bridgehead atoms. The van der Waals surface area contributed by atoms with Gasteiger partial charge in [0.1, 0.15) is 0 Å². The second-order valence-corrected chi connectivity index (χ2v) is 8.27. The Bertz CT molecular complexity index is 863. The molecule has 0 aliphatic heterocycles. The van der Waals surface area contributed by atoms with Gasteiger partial charge < -0.3 is 10.6 Å². The van der Waals surface area contributed by atoms with Gasteiger partial charge in [0.05, 0.1) is 6.04 Å². The summed E-state index contributed by atoms with van der Waals surface area (Å²) in [6, 6.07) is 16.0. The number of hydrogen-bond donors (Lipinski definition) is 2. The Balaban J connectivity index is 1.51. The molecule has 152 valence electrons. The van der Waals surface area contributed by atoms with E-state index in [0.29, 0.717) is 17.5 Å². The van der Waals surface area contributed by atoms with Gasteiger partial charge in [-0.1, -0.05) is 50.2 Å². The monoisotopic (exact) mass is 390 g/mol. The minimum atomic E-state index is -0.140. The largest absolute Gasteiger partial charge is 0.349 e. The predicted octanol–water partition coefficient (Wildman–Crippen LogP) is 4.67. The SMILES string of the molecule is CC(C)Cc1ccc(C(C)NC(=O)/C=C/c2ccc(C(=O)NC3CC3)cc2)cc1. The van der Waals surface area contributed by atoms with Gasteiger partial charge in [-0.15, -0.1) is 0 Å². The molecule has 1 atom stereocenters. The lowest BCUT2D eigenvalue weighted by Gasteiger charge is -2.14. The van der Waals surface area contributed by atoms with E-state index in [1.807, 2.05) is 19.1 Å². The van der Waals surface area contributed by atoms with Gasteiger partial charge in [0.25, 0.3) is 5.91 Å². The third kappa shape index (κ3) is 6.60. The van der Waals surface area contributed by atoms with Crippen molar-refractivity contribution in [3.05, 3.63) is 76.9 Å². The highest BCUT2D eigenvalue weighted by atomic mass is 16.2. The van der Waals surface area contributed by atoms with E-state index in [9.17, 15) is 9.59 Å². The summed E-state index contributed by atoms with van der Waals surface area (Å²) in [7, 11) is 0. The van der Waals surface area contributed by atoms with E-state index in [-0.39, 0.29) is 17.9 Å². The van der Waals surface area contributed by atoms with Crippen molar-refractivity contribution in [2.45, 2.75) is 52.1 Å². The molecule has 2 aromatic carbocycles. The Kier molecular flexibility index (Phi) is 6.86. The number of hydrogen-bond acceptors (Lipinski definition) is 2. The molecule has 2 amide bonds. The summed E-state index contributed by atoms with van der Waals surface area (Å²) < 4.78 is 0. The lowest BCUT2D eigenvalue weighted by molar-refractivity contribution is -0.117. The van der Waals surface area contributed by atoms with Gasteiger partial charge in [-0.05, 0) is 67.0 Å². The Morgan fingerprint density at radius 3 is 2.24 bits per heavy atom. The highest BCUT2D eigenvalue weighted by Gasteiger charge is 2.23. The molecule has 0 spiro atoms. The average molecular weight is 391 g/mol. The summed E-state index contributed by atoms with van der Waals surface area (Å²) >= 11 is 0. The van der Waals surface area contributed by atoms with E-state index < -0.39 is 0 Å². The van der Waals surface area contributed by atoms with Crippen molar-refractivity contribution < 1.29 is 9.59 Å². The van der Waals surface area contributed by atoms with E-state index >= 15 is 0 Å². The van der Waals surface area contributed by atoms with Crippen LogP contribution < -0.4 is 10.6 Å². The number of rotatable bonds is 8. The van der Waals surface area contributed by atoms with Gasteiger partial charge in [-0.3, -0.25) is 9.59 Å². The van der Waals surface area contributed by atoms with Crippen molar-refractivity contribution in [1.29, 1.82) is 0 Å². The van der Waals surface area contributed by atoms with Crippen LogP contribution >= 0.6 is 0 Å². The first kappa shape index (κ1) is 20.8.